The highest BCUT2D eigenvalue weighted by Gasteiger charge is 2.22. The molecule has 1 aliphatic carbocycles. The van der Waals surface area contributed by atoms with Crippen LogP contribution in [0, 0.1) is 0 Å². The molecule has 0 saturated carbocycles. The first-order valence-electron chi connectivity index (χ1n) is 4.40. The summed E-state index contributed by atoms with van der Waals surface area (Å²) in [5.74, 6) is 0.972. The molecule has 0 N–H and O–H groups in total. The van der Waals surface area contributed by atoms with E-state index in [4.69, 9.17) is 4.42 Å². The van der Waals surface area contributed by atoms with Crippen molar-refractivity contribution in [3.05, 3.63) is 29.7 Å². The Morgan fingerprint density at radius 3 is 3.14 bits per heavy atom. The topological polar surface area (TPSA) is 31.0 Å². The fourth-order valence-corrected chi connectivity index (χ4v) is 2.92. The third kappa shape index (κ3) is 1.24. The molecule has 3 nitrogen and oxygen atoms in total. The monoisotopic (exact) mass is 318 g/mol. The Morgan fingerprint density at radius 1 is 1.43 bits per heavy atom. The summed E-state index contributed by atoms with van der Waals surface area (Å²) in [6, 6.07) is 2.05. The van der Waals surface area contributed by atoms with Gasteiger partial charge in [-0.15, -0.1) is 0 Å². The van der Waals surface area contributed by atoms with E-state index in [2.05, 4.69) is 33.3 Å². The summed E-state index contributed by atoms with van der Waals surface area (Å²) in [7, 11) is 0. The van der Waals surface area contributed by atoms with Crippen molar-refractivity contribution in [2.45, 2.75) is 12.8 Å². The minimum absolute atomic E-state index is 0.662. The molecule has 0 amide bonds. The number of hydrogen-bond donors (Lipinski definition) is 0. The van der Waals surface area contributed by atoms with E-state index in [1.807, 2.05) is 10.5 Å². The van der Waals surface area contributed by atoms with Gasteiger partial charge >= 0.3 is 0 Å². The normalized spacial score (nSPS) is 14.6. The Bertz CT molecular complexity index is 477. The largest absolute Gasteiger partial charge is 0.462 e. The fourth-order valence-electron chi connectivity index (χ4n) is 1.84. The maximum Gasteiger partial charge on any atom is 0.157 e. The zero-order valence-electron chi connectivity index (χ0n) is 7.33. The molecule has 2 heterocycles. The zero-order chi connectivity index (χ0) is 9.54. The van der Waals surface area contributed by atoms with Crippen molar-refractivity contribution in [3.8, 4) is 11.5 Å². The minimum atomic E-state index is 0.662. The predicted molar refractivity (Wildman–Crippen MR) is 65.1 cm³/mol. The number of rotatable bonds is 1. The number of hydrogen-bond acceptors (Lipinski definition) is 2. The van der Waals surface area contributed by atoms with Crippen LogP contribution in [-0.2, 0) is 12.8 Å². The molecular weight excluding hydrogens is 310 g/mol. The van der Waals surface area contributed by atoms with E-state index >= 15 is 0 Å². The minimum Gasteiger partial charge on any atom is -0.462 e. The second-order valence-electron chi connectivity index (χ2n) is 3.31. The molecule has 3 rings (SSSR count). The van der Waals surface area contributed by atoms with Crippen LogP contribution in [0.4, 0.5) is 0 Å². The predicted octanol–water partition coefficient (Wildman–Crippen LogP) is 3.03. The van der Waals surface area contributed by atoms with Crippen molar-refractivity contribution < 1.29 is 4.42 Å². The molecule has 72 valence electrons. The summed E-state index contributed by atoms with van der Waals surface area (Å²) in [6.45, 7) is 0. The van der Waals surface area contributed by atoms with Gasteiger partial charge in [0.1, 0.15) is 5.69 Å². The van der Waals surface area contributed by atoms with Crippen molar-refractivity contribution in [1.82, 2.24) is 9.55 Å². The van der Waals surface area contributed by atoms with Crippen LogP contribution in [0.2, 0.25) is 0 Å². The van der Waals surface area contributed by atoms with Crippen molar-refractivity contribution in [3.63, 3.8) is 0 Å². The van der Waals surface area contributed by atoms with Crippen LogP contribution in [0.5, 0.6) is 0 Å². The van der Waals surface area contributed by atoms with Crippen molar-refractivity contribution in [2.75, 3.05) is 0 Å². The third-order valence-corrected chi connectivity index (χ3v) is 4.39. The van der Waals surface area contributed by atoms with E-state index in [1.54, 1.807) is 6.26 Å². The maximum atomic E-state index is 5.47. The molecule has 2 aromatic rings. The summed E-state index contributed by atoms with van der Waals surface area (Å²) >= 11 is 2.33. The maximum absolute atomic E-state index is 5.47. The third-order valence-electron chi connectivity index (χ3n) is 2.50. The average Bonchev–Trinajstić information content (AvgIpc) is 2.82. The van der Waals surface area contributed by atoms with Gasteiger partial charge in [0.25, 0.3) is 0 Å². The quantitative estimate of drug-likeness (QED) is 0.598. The first-order chi connectivity index (χ1) is 6.88. The lowest BCUT2D eigenvalue weighted by molar-refractivity contribution is 0.573. The molecular formula is C9H8IN2OP. The number of nitrogens with zero attached hydrogens (tertiary/aromatic N) is 2. The summed E-state index contributed by atoms with van der Waals surface area (Å²) < 4.78 is 7.45. The molecule has 0 spiro atoms. The number of aromatic nitrogens is 2. The van der Waals surface area contributed by atoms with Crippen LogP contribution >= 0.6 is 28.4 Å². The van der Waals surface area contributed by atoms with Gasteiger partial charge in [0.15, 0.2) is 5.76 Å². The van der Waals surface area contributed by atoms with Crippen LogP contribution in [0.3, 0.4) is 0 Å². The fraction of sp³-hybridized carbons (Fsp3) is 0.222. The summed E-state index contributed by atoms with van der Waals surface area (Å²) in [5, 5.41) is 4.51. The van der Waals surface area contributed by atoms with E-state index in [9.17, 15) is 0 Å². The molecule has 0 aliphatic heterocycles. The van der Waals surface area contributed by atoms with E-state index in [0.29, 0.717) is 6.37 Å². The molecule has 0 fully saturated rings. The molecule has 2 aromatic heterocycles. The van der Waals surface area contributed by atoms with E-state index in [0.717, 1.165) is 24.3 Å². The van der Waals surface area contributed by atoms with Crippen LogP contribution in [-0.4, -0.2) is 9.55 Å². The number of fused-ring (bicyclic) bond motifs is 3. The second kappa shape index (κ2) is 3.35. The highest BCUT2D eigenvalue weighted by Crippen LogP contribution is 2.35. The Morgan fingerprint density at radius 2 is 2.29 bits per heavy atom. The lowest BCUT2D eigenvalue weighted by atomic mass is 9.97. The molecule has 0 aromatic carbocycles. The average molecular weight is 318 g/mol. The Labute approximate surface area is 96.2 Å². The molecule has 5 heteroatoms. The van der Waals surface area contributed by atoms with Gasteiger partial charge in [-0.2, -0.15) is 5.10 Å². The molecule has 1 atom stereocenters. The van der Waals surface area contributed by atoms with E-state index < -0.39 is 0 Å². The van der Waals surface area contributed by atoms with Gasteiger partial charge < -0.3 is 4.42 Å². The van der Waals surface area contributed by atoms with Crippen molar-refractivity contribution in [1.29, 1.82) is 0 Å². The van der Waals surface area contributed by atoms with Gasteiger partial charge in [-0.3, -0.25) is 0 Å². The van der Waals surface area contributed by atoms with Crippen LogP contribution in [0.25, 0.3) is 11.5 Å². The Balaban J connectivity index is 2.20. The highest BCUT2D eigenvalue weighted by molar-refractivity contribution is 14.2. The molecule has 0 radical (unpaired) electrons. The SMILES string of the molecule is IPn1cc2c(n1)-c1occc1CC2. The van der Waals surface area contributed by atoms with E-state index in [-0.39, 0.29) is 0 Å². The molecule has 0 bridgehead atoms. The second-order valence-corrected chi connectivity index (χ2v) is 5.38. The first kappa shape index (κ1) is 8.92. The van der Waals surface area contributed by atoms with Crippen molar-refractivity contribution >= 4 is 28.4 Å². The lowest BCUT2D eigenvalue weighted by Crippen LogP contribution is -1.99. The number of aryl methyl sites for hydroxylation is 2. The van der Waals surface area contributed by atoms with Crippen molar-refractivity contribution in [2.24, 2.45) is 0 Å². The van der Waals surface area contributed by atoms with Crippen LogP contribution in [0.15, 0.2) is 22.9 Å². The Kier molecular flexibility index (Phi) is 2.13. The summed E-state index contributed by atoms with van der Waals surface area (Å²) in [4.78, 5) is 0. The van der Waals surface area contributed by atoms with Crippen LogP contribution in [0.1, 0.15) is 11.1 Å². The van der Waals surface area contributed by atoms with Gasteiger partial charge in [0, 0.05) is 17.3 Å². The number of halogens is 1. The van der Waals surface area contributed by atoms with Gasteiger partial charge in [-0.1, -0.05) is 0 Å². The Hall–Kier alpha value is -0.350. The standard InChI is InChI=1S/C9H8IN2OP/c10-14-12-5-7-2-1-6-3-4-13-9(6)8(7)11-12/h3-5,14H,1-2H2. The molecule has 1 aliphatic rings. The highest BCUT2D eigenvalue weighted by atomic mass is 127. The lowest BCUT2D eigenvalue weighted by Gasteiger charge is -2.07. The molecule has 1 unspecified atom stereocenters. The molecule has 0 saturated heterocycles. The smallest absolute Gasteiger partial charge is 0.157 e. The van der Waals surface area contributed by atoms with E-state index in [1.165, 1.54) is 11.1 Å². The molecule has 14 heavy (non-hydrogen) atoms. The van der Waals surface area contributed by atoms with Gasteiger partial charge in [-0.05, 0) is 40.9 Å². The van der Waals surface area contributed by atoms with Gasteiger partial charge in [0.05, 0.1) is 12.6 Å². The zero-order valence-corrected chi connectivity index (χ0v) is 10.5. The number of furan rings is 1. The first-order valence-corrected chi connectivity index (χ1v) is 8.46. The summed E-state index contributed by atoms with van der Waals surface area (Å²) in [5.41, 5.74) is 3.65. The van der Waals surface area contributed by atoms with Gasteiger partial charge in [-0.25, -0.2) is 4.45 Å². The van der Waals surface area contributed by atoms with Gasteiger partial charge in [0.2, 0.25) is 0 Å². The summed E-state index contributed by atoms with van der Waals surface area (Å²) in [6.07, 6.45) is 6.71. The van der Waals surface area contributed by atoms with Crippen LogP contribution < -0.4 is 0 Å².